The van der Waals surface area contributed by atoms with E-state index in [0.29, 0.717) is 11.6 Å². The number of aryl methyl sites for hydroxylation is 4. The molecule has 0 fully saturated rings. The first-order valence-corrected chi connectivity index (χ1v) is 12.6. The summed E-state index contributed by atoms with van der Waals surface area (Å²) in [4.78, 5) is 26.6. The maximum absolute atomic E-state index is 4.51. The first-order valence-electron chi connectivity index (χ1n) is 12.6. The maximum Gasteiger partial charge on any atom is 0.163 e. The van der Waals surface area contributed by atoms with Gasteiger partial charge in [-0.25, -0.2) is 29.9 Å². The van der Waals surface area contributed by atoms with Crippen molar-refractivity contribution in [3.8, 4) is 45.0 Å². The third-order valence-electron chi connectivity index (χ3n) is 6.51. The van der Waals surface area contributed by atoms with E-state index in [1.807, 2.05) is 27.7 Å². The zero-order valence-corrected chi connectivity index (χ0v) is 21.8. The van der Waals surface area contributed by atoms with Crippen LogP contribution in [0, 0.1) is 27.7 Å². The molecule has 6 rings (SSSR count). The highest BCUT2D eigenvalue weighted by molar-refractivity contribution is 6.00. The van der Waals surface area contributed by atoms with Gasteiger partial charge >= 0.3 is 0 Å². The minimum absolute atomic E-state index is 0.698. The molecule has 6 heteroatoms. The number of rotatable bonds is 4. The van der Waals surface area contributed by atoms with Gasteiger partial charge < -0.3 is 0 Å². The Morgan fingerprint density at radius 1 is 0.395 bits per heavy atom. The lowest BCUT2D eigenvalue weighted by molar-refractivity contribution is 0.928. The van der Waals surface area contributed by atoms with Crippen LogP contribution in [0.4, 0.5) is 0 Å². The molecular weight excluding hydrogens is 468 g/mol. The van der Waals surface area contributed by atoms with Crippen molar-refractivity contribution in [2.75, 3.05) is 0 Å². The van der Waals surface area contributed by atoms with Crippen molar-refractivity contribution in [1.82, 2.24) is 29.9 Å². The zero-order valence-electron chi connectivity index (χ0n) is 21.8. The van der Waals surface area contributed by atoms with Gasteiger partial charge in [0.1, 0.15) is 23.3 Å². The molecule has 0 aliphatic carbocycles. The standard InChI is InChI=1S/C32H26N6/c1-19-33-20(2)36-31(35-19)25-13-9-23(10-14-25)28-17-27-7-5-6-8-29(27)30(18-28)24-11-15-26(16-12-24)32-37-21(3)34-22(4)38-32/h5-18H,1-4H3. The van der Waals surface area contributed by atoms with Crippen molar-refractivity contribution in [1.29, 1.82) is 0 Å². The van der Waals surface area contributed by atoms with Crippen molar-refractivity contribution >= 4 is 10.8 Å². The highest BCUT2D eigenvalue weighted by Gasteiger charge is 2.11. The number of hydrogen-bond donors (Lipinski definition) is 0. The molecule has 6 aromatic rings. The predicted octanol–water partition coefficient (Wildman–Crippen LogP) is 7.11. The predicted molar refractivity (Wildman–Crippen MR) is 151 cm³/mol. The van der Waals surface area contributed by atoms with E-state index in [4.69, 9.17) is 0 Å². The summed E-state index contributed by atoms with van der Waals surface area (Å²) in [6.45, 7) is 7.56. The maximum atomic E-state index is 4.51. The molecule has 0 N–H and O–H groups in total. The molecule has 6 nitrogen and oxygen atoms in total. The van der Waals surface area contributed by atoms with Crippen LogP contribution in [0.1, 0.15) is 23.3 Å². The Balaban J connectivity index is 1.40. The van der Waals surface area contributed by atoms with Crippen LogP contribution in [0.2, 0.25) is 0 Å². The number of nitrogens with zero attached hydrogens (tertiary/aromatic N) is 6. The smallest absolute Gasteiger partial charge is 0.163 e. The molecule has 2 aromatic heterocycles. The Kier molecular flexibility index (Phi) is 5.92. The molecule has 0 spiro atoms. The van der Waals surface area contributed by atoms with E-state index in [1.54, 1.807) is 0 Å². The molecule has 0 bridgehead atoms. The summed E-state index contributed by atoms with van der Waals surface area (Å²) in [5.74, 6) is 4.29. The Morgan fingerprint density at radius 2 is 0.842 bits per heavy atom. The van der Waals surface area contributed by atoms with Crippen LogP contribution in [-0.4, -0.2) is 29.9 Å². The molecular formula is C32H26N6. The molecule has 0 saturated carbocycles. The molecule has 184 valence electrons. The fourth-order valence-corrected chi connectivity index (χ4v) is 4.82. The molecule has 0 atom stereocenters. The fourth-order valence-electron chi connectivity index (χ4n) is 4.82. The normalized spacial score (nSPS) is 11.2. The second-order valence-corrected chi connectivity index (χ2v) is 9.41. The molecule has 4 aromatic carbocycles. The first-order chi connectivity index (χ1) is 18.4. The second-order valence-electron chi connectivity index (χ2n) is 9.41. The molecule has 0 saturated heterocycles. The second kappa shape index (κ2) is 9.56. The van der Waals surface area contributed by atoms with Crippen LogP contribution in [0.5, 0.6) is 0 Å². The van der Waals surface area contributed by atoms with Gasteiger partial charge in [-0.05, 0) is 72.9 Å². The van der Waals surface area contributed by atoms with E-state index in [2.05, 4.69) is 115 Å². The fraction of sp³-hybridized carbons (Fsp3) is 0.125. The summed E-state index contributed by atoms with van der Waals surface area (Å²) < 4.78 is 0. The Labute approximate surface area is 221 Å². The largest absolute Gasteiger partial charge is 0.219 e. The summed E-state index contributed by atoms with van der Waals surface area (Å²) >= 11 is 0. The minimum atomic E-state index is 0.698. The highest BCUT2D eigenvalue weighted by atomic mass is 15.0. The van der Waals surface area contributed by atoms with Gasteiger partial charge in [0.15, 0.2) is 11.6 Å². The topological polar surface area (TPSA) is 77.3 Å². The van der Waals surface area contributed by atoms with Gasteiger partial charge in [0.2, 0.25) is 0 Å². The molecule has 0 radical (unpaired) electrons. The van der Waals surface area contributed by atoms with Crippen LogP contribution < -0.4 is 0 Å². The number of fused-ring (bicyclic) bond motifs is 1. The van der Waals surface area contributed by atoms with E-state index in [9.17, 15) is 0 Å². The molecule has 0 aliphatic heterocycles. The SMILES string of the molecule is Cc1nc(C)nc(-c2ccc(-c3cc(-c4ccc(-c5nc(C)nc(C)n5)cc4)c4ccccc4c3)cc2)n1. The summed E-state index contributed by atoms with van der Waals surface area (Å²) in [5.41, 5.74) is 6.56. The van der Waals surface area contributed by atoms with Gasteiger partial charge in [-0.3, -0.25) is 0 Å². The summed E-state index contributed by atoms with van der Waals surface area (Å²) in [6.07, 6.45) is 0. The van der Waals surface area contributed by atoms with Gasteiger partial charge in [0.05, 0.1) is 0 Å². The van der Waals surface area contributed by atoms with E-state index in [1.165, 1.54) is 16.3 Å². The van der Waals surface area contributed by atoms with E-state index in [-0.39, 0.29) is 0 Å². The molecule has 0 aliphatic rings. The van der Waals surface area contributed by atoms with Gasteiger partial charge in [-0.15, -0.1) is 0 Å². The van der Waals surface area contributed by atoms with Crippen LogP contribution in [0.15, 0.2) is 84.9 Å². The van der Waals surface area contributed by atoms with E-state index >= 15 is 0 Å². The van der Waals surface area contributed by atoms with Crippen LogP contribution in [0.25, 0.3) is 55.8 Å². The quantitative estimate of drug-likeness (QED) is 0.260. The third-order valence-corrected chi connectivity index (χ3v) is 6.51. The number of aromatic nitrogens is 6. The first kappa shape index (κ1) is 23.6. The lowest BCUT2D eigenvalue weighted by atomic mass is 9.92. The van der Waals surface area contributed by atoms with Gasteiger partial charge in [0, 0.05) is 11.1 Å². The molecule has 0 amide bonds. The Hall–Kier alpha value is -4.84. The third kappa shape index (κ3) is 4.64. The van der Waals surface area contributed by atoms with E-state index in [0.717, 1.165) is 51.1 Å². The number of benzene rings is 4. The van der Waals surface area contributed by atoms with Crippen molar-refractivity contribution < 1.29 is 0 Å². The summed E-state index contributed by atoms with van der Waals surface area (Å²) in [6, 6.07) is 29.9. The average Bonchev–Trinajstić information content (AvgIpc) is 2.91. The molecule has 38 heavy (non-hydrogen) atoms. The van der Waals surface area contributed by atoms with Crippen LogP contribution >= 0.6 is 0 Å². The average molecular weight is 495 g/mol. The van der Waals surface area contributed by atoms with Gasteiger partial charge in [-0.2, -0.15) is 0 Å². The summed E-state index contributed by atoms with van der Waals surface area (Å²) in [5, 5.41) is 2.41. The van der Waals surface area contributed by atoms with Crippen molar-refractivity contribution in [3.63, 3.8) is 0 Å². The monoisotopic (exact) mass is 494 g/mol. The lowest BCUT2D eigenvalue weighted by Gasteiger charge is -2.12. The van der Waals surface area contributed by atoms with Crippen molar-refractivity contribution in [2.45, 2.75) is 27.7 Å². The summed E-state index contributed by atoms with van der Waals surface area (Å²) in [7, 11) is 0. The highest BCUT2D eigenvalue weighted by Crippen LogP contribution is 2.35. The Bertz CT molecular complexity index is 1750. The minimum Gasteiger partial charge on any atom is -0.219 e. The lowest BCUT2D eigenvalue weighted by Crippen LogP contribution is -1.98. The van der Waals surface area contributed by atoms with Gasteiger partial charge in [-0.1, -0.05) is 72.8 Å². The van der Waals surface area contributed by atoms with Crippen LogP contribution in [-0.2, 0) is 0 Å². The Morgan fingerprint density at radius 3 is 1.37 bits per heavy atom. The zero-order chi connectivity index (χ0) is 26.2. The van der Waals surface area contributed by atoms with E-state index < -0.39 is 0 Å². The molecule has 2 heterocycles. The molecule has 0 unspecified atom stereocenters. The van der Waals surface area contributed by atoms with Crippen molar-refractivity contribution in [3.05, 3.63) is 108 Å². The van der Waals surface area contributed by atoms with Crippen LogP contribution in [0.3, 0.4) is 0 Å². The van der Waals surface area contributed by atoms with Crippen molar-refractivity contribution in [2.24, 2.45) is 0 Å². The number of hydrogen-bond acceptors (Lipinski definition) is 6. The van der Waals surface area contributed by atoms with Gasteiger partial charge in [0.25, 0.3) is 0 Å².